The number of carbonyl (C=O) groups excluding carboxylic acids is 2. The highest BCUT2D eigenvalue weighted by molar-refractivity contribution is 5.96. The molecule has 1 N–H and O–H groups in total. The SMILES string of the molecule is CC(C)(C)OC(=O)Nc1cc(C2CC2)ccc1C(Cc1cccc(C#N)n1)C(=O)C1(C)CC1. The molecule has 2 aliphatic rings. The Morgan fingerprint density at radius 1 is 1.24 bits per heavy atom. The second-order valence-corrected chi connectivity index (χ2v) is 10.6. The van der Waals surface area contributed by atoms with E-state index in [9.17, 15) is 14.9 Å². The van der Waals surface area contributed by atoms with Crippen molar-refractivity contribution in [2.24, 2.45) is 5.41 Å². The fourth-order valence-corrected chi connectivity index (χ4v) is 4.13. The molecule has 33 heavy (non-hydrogen) atoms. The Morgan fingerprint density at radius 3 is 2.58 bits per heavy atom. The van der Waals surface area contributed by atoms with Crippen LogP contribution in [0.5, 0.6) is 0 Å². The van der Waals surface area contributed by atoms with Crippen molar-refractivity contribution in [3.05, 3.63) is 58.9 Å². The first-order valence-corrected chi connectivity index (χ1v) is 11.6. The van der Waals surface area contributed by atoms with Crippen molar-refractivity contribution in [2.75, 3.05) is 5.32 Å². The van der Waals surface area contributed by atoms with E-state index >= 15 is 0 Å². The summed E-state index contributed by atoms with van der Waals surface area (Å²) in [4.78, 5) is 30.7. The van der Waals surface area contributed by atoms with Gasteiger partial charge in [-0.3, -0.25) is 10.1 Å². The van der Waals surface area contributed by atoms with Crippen molar-refractivity contribution in [3.63, 3.8) is 0 Å². The first-order chi connectivity index (χ1) is 15.6. The minimum Gasteiger partial charge on any atom is -0.444 e. The van der Waals surface area contributed by atoms with Crippen LogP contribution in [-0.4, -0.2) is 22.5 Å². The molecule has 0 spiro atoms. The molecule has 1 amide bonds. The topological polar surface area (TPSA) is 92.1 Å². The summed E-state index contributed by atoms with van der Waals surface area (Å²) >= 11 is 0. The van der Waals surface area contributed by atoms with E-state index in [0.29, 0.717) is 29.4 Å². The molecular formula is C27H31N3O3. The van der Waals surface area contributed by atoms with E-state index in [1.54, 1.807) is 12.1 Å². The number of nitrogens with one attached hydrogen (secondary N) is 1. The van der Waals surface area contributed by atoms with Gasteiger partial charge < -0.3 is 4.74 Å². The first-order valence-electron chi connectivity index (χ1n) is 11.6. The normalized spacial score (nSPS) is 17.5. The second-order valence-electron chi connectivity index (χ2n) is 10.6. The van der Waals surface area contributed by atoms with Crippen LogP contribution in [0.3, 0.4) is 0 Å². The van der Waals surface area contributed by atoms with Gasteiger partial charge in [0, 0.05) is 23.2 Å². The highest BCUT2D eigenvalue weighted by atomic mass is 16.6. The summed E-state index contributed by atoms with van der Waals surface area (Å²) in [6.45, 7) is 7.47. The van der Waals surface area contributed by atoms with Crippen LogP contribution in [0.2, 0.25) is 0 Å². The third-order valence-corrected chi connectivity index (χ3v) is 6.38. The van der Waals surface area contributed by atoms with Crippen LogP contribution in [0, 0.1) is 16.7 Å². The zero-order valence-corrected chi connectivity index (χ0v) is 19.8. The number of benzene rings is 1. The van der Waals surface area contributed by atoms with Crippen molar-refractivity contribution in [2.45, 2.75) is 77.2 Å². The van der Waals surface area contributed by atoms with Crippen molar-refractivity contribution in [3.8, 4) is 6.07 Å². The molecule has 1 atom stereocenters. The lowest BCUT2D eigenvalue weighted by Gasteiger charge is -2.25. The lowest BCUT2D eigenvalue weighted by Crippen LogP contribution is -2.29. The average molecular weight is 446 g/mol. The highest BCUT2D eigenvalue weighted by Crippen LogP contribution is 2.50. The van der Waals surface area contributed by atoms with Crippen LogP contribution < -0.4 is 5.32 Å². The molecule has 1 heterocycles. The molecule has 0 bridgehead atoms. The maximum absolute atomic E-state index is 13.6. The number of ether oxygens (including phenoxy) is 1. The molecule has 1 aromatic carbocycles. The lowest BCUT2D eigenvalue weighted by atomic mass is 9.82. The van der Waals surface area contributed by atoms with E-state index in [2.05, 4.69) is 22.4 Å². The maximum Gasteiger partial charge on any atom is 0.412 e. The largest absolute Gasteiger partial charge is 0.444 e. The van der Waals surface area contributed by atoms with Crippen LogP contribution in [-0.2, 0) is 16.0 Å². The van der Waals surface area contributed by atoms with Crippen LogP contribution in [0.4, 0.5) is 10.5 Å². The van der Waals surface area contributed by atoms with Gasteiger partial charge in [0.1, 0.15) is 23.1 Å². The molecule has 1 aromatic heterocycles. The highest BCUT2D eigenvalue weighted by Gasteiger charge is 2.48. The van der Waals surface area contributed by atoms with Gasteiger partial charge in [0.25, 0.3) is 0 Å². The van der Waals surface area contributed by atoms with Crippen LogP contribution in [0.15, 0.2) is 36.4 Å². The summed E-state index contributed by atoms with van der Waals surface area (Å²) in [7, 11) is 0. The number of aromatic nitrogens is 1. The number of ketones is 1. The smallest absolute Gasteiger partial charge is 0.412 e. The van der Waals surface area contributed by atoms with E-state index in [1.807, 2.05) is 45.9 Å². The van der Waals surface area contributed by atoms with Gasteiger partial charge in [-0.25, -0.2) is 9.78 Å². The van der Waals surface area contributed by atoms with E-state index in [0.717, 1.165) is 31.2 Å². The Hall–Kier alpha value is -3.20. The Balaban J connectivity index is 1.72. The Labute approximate surface area is 195 Å². The second kappa shape index (κ2) is 8.62. The number of anilines is 1. The van der Waals surface area contributed by atoms with Crippen molar-refractivity contribution >= 4 is 17.6 Å². The predicted molar refractivity (Wildman–Crippen MR) is 126 cm³/mol. The Morgan fingerprint density at radius 2 is 1.97 bits per heavy atom. The van der Waals surface area contributed by atoms with E-state index < -0.39 is 17.6 Å². The fourth-order valence-electron chi connectivity index (χ4n) is 4.13. The quantitative estimate of drug-likeness (QED) is 0.575. The van der Waals surface area contributed by atoms with Crippen LogP contribution >= 0.6 is 0 Å². The monoisotopic (exact) mass is 445 g/mol. The van der Waals surface area contributed by atoms with Gasteiger partial charge in [-0.15, -0.1) is 0 Å². The van der Waals surface area contributed by atoms with E-state index in [1.165, 1.54) is 5.56 Å². The average Bonchev–Trinajstić information content (AvgIpc) is 3.67. The molecule has 2 saturated carbocycles. The number of nitrogens with zero attached hydrogens (tertiary/aromatic N) is 2. The van der Waals surface area contributed by atoms with Gasteiger partial charge in [0.05, 0.1) is 5.92 Å². The molecule has 6 nitrogen and oxygen atoms in total. The molecule has 172 valence electrons. The third kappa shape index (κ3) is 5.60. The zero-order valence-electron chi connectivity index (χ0n) is 19.8. The van der Waals surface area contributed by atoms with Crippen molar-refractivity contribution < 1.29 is 14.3 Å². The molecule has 1 unspecified atom stereocenters. The summed E-state index contributed by atoms with van der Waals surface area (Å²) in [5.74, 6) is 0.178. The predicted octanol–water partition coefficient (Wildman–Crippen LogP) is 5.87. The lowest BCUT2D eigenvalue weighted by molar-refractivity contribution is -0.125. The summed E-state index contributed by atoms with van der Waals surface area (Å²) in [5, 5.41) is 12.2. The molecule has 2 aromatic rings. The van der Waals surface area contributed by atoms with Crippen LogP contribution in [0.25, 0.3) is 0 Å². The summed E-state index contributed by atoms with van der Waals surface area (Å²) in [6, 6.07) is 13.4. The number of amides is 1. The van der Waals surface area contributed by atoms with Gasteiger partial charge in [-0.05, 0) is 81.7 Å². The van der Waals surface area contributed by atoms with Gasteiger partial charge in [0.15, 0.2) is 0 Å². The number of pyridine rings is 1. The molecule has 2 fully saturated rings. The fraction of sp³-hybridized carbons (Fsp3) is 0.481. The standard InChI is InChI=1S/C27H31N3O3/c1-26(2,3)33-25(32)30-23-14-18(17-8-9-17)10-11-21(23)22(24(31)27(4)12-13-27)15-19-6-5-7-20(16-28)29-19/h5-7,10-11,14,17,22H,8-9,12-13,15H2,1-4H3,(H,30,32). The number of hydrogen-bond donors (Lipinski definition) is 1. The third-order valence-electron chi connectivity index (χ3n) is 6.38. The van der Waals surface area contributed by atoms with E-state index in [-0.39, 0.29) is 11.2 Å². The van der Waals surface area contributed by atoms with Crippen molar-refractivity contribution in [1.82, 2.24) is 4.98 Å². The minimum absolute atomic E-state index is 0.151. The zero-order chi connectivity index (χ0) is 23.8. The molecule has 4 rings (SSSR count). The van der Waals surface area contributed by atoms with Gasteiger partial charge in [-0.2, -0.15) is 5.26 Å². The summed E-state index contributed by atoms with van der Waals surface area (Å²) < 4.78 is 5.50. The Kier molecular flexibility index (Phi) is 6.00. The summed E-state index contributed by atoms with van der Waals surface area (Å²) in [5.41, 5.74) is 2.59. The number of hydrogen-bond acceptors (Lipinski definition) is 5. The summed E-state index contributed by atoms with van der Waals surface area (Å²) in [6.07, 6.45) is 3.83. The molecule has 0 radical (unpaired) electrons. The molecule has 0 saturated heterocycles. The van der Waals surface area contributed by atoms with Crippen LogP contribution in [0.1, 0.15) is 87.7 Å². The van der Waals surface area contributed by atoms with Gasteiger partial charge >= 0.3 is 6.09 Å². The van der Waals surface area contributed by atoms with Crippen molar-refractivity contribution in [1.29, 1.82) is 5.26 Å². The molecule has 2 aliphatic carbocycles. The molecule has 6 heteroatoms. The number of carbonyl (C=O) groups is 2. The molecule has 0 aliphatic heterocycles. The first kappa shape index (κ1) is 23.0. The maximum atomic E-state index is 13.6. The van der Waals surface area contributed by atoms with E-state index in [4.69, 9.17) is 4.74 Å². The number of Topliss-reactive ketones (excluding diaryl/α,β-unsaturated/α-hetero) is 1. The minimum atomic E-state index is -0.628. The van der Waals surface area contributed by atoms with Gasteiger partial charge in [-0.1, -0.05) is 25.1 Å². The molecular weight excluding hydrogens is 414 g/mol. The van der Waals surface area contributed by atoms with Gasteiger partial charge in [0.2, 0.25) is 0 Å². The number of rotatable bonds is 7. The Bertz CT molecular complexity index is 1120. The number of nitriles is 1.